The number of aromatic nitrogens is 4. The van der Waals surface area contributed by atoms with Crippen LogP contribution < -0.4 is 4.90 Å². The molecule has 3 fully saturated rings. The molecule has 1 amide bonds. The number of thiophene rings is 1. The standard InChI is InChI=1S/C30H37N7O3S/c1-2-26-31-23-5-3-4-6-25(23)37(26)30-32-24-17-22(41-28(24)29(33-30)34-13-15-40-16-14-34)18-36-12-11-35(19-27(36)39)20-7-9-21(38)10-8-20/h3-6,17,20-21,38H,2,7-16,18-19H2,1H3. The number of nitrogens with zero attached hydrogens (tertiary/aromatic N) is 7. The minimum Gasteiger partial charge on any atom is -0.393 e. The van der Waals surface area contributed by atoms with Crippen molar-refractivity contribution in [1.82, 2.24) is 29.3 Å². The highest BCUT2D eigenvalue weighted by molar-refractivity contribution is 7.19. The Balaban J connectivity index is 1.19. The van der Waals surface area contributed by atoms with E-state index in [1.807, 2.05) is 23.1 Å². The summed E-state index contributed by atoms with van der Waals surface area (Å²) in [5.41, 5.74) is 2.85. The van der Waals surface area contributed by atoms with E-state index in [1.165, 1.54) is 0 Å². The highest BCUT2D eigenvalue weighted by Gasteiger charge is 2.32. The van der Waals surface area contributed by atoms with Gasteiger partial charge in [0.25, 0.3) is 0 Å². The molecule has 0 atom stereocenters. The monoisotopic (exact) mass is 575 g/mol. The molecule has 3 aromatic heterocycles. The van der Waals surface area contributed by atoms with Crippen LogP contribution >= 0.6 is 11.3 Å². The van der Waals surface area contributed by atoms with Crippen LogP contribution in [0.15, 0.2) is 30.3 Å². The molecule has 10 nitrogen and oxygen atoms in total. The highest BCUT2D eigenvalue weighted by Crippen LogP contribution is 2.35. The van der Waals surface area contributed by atoms with E-state index in [0.29, 0.717) is 38.3 Å². The fourth-order valence-electron chi connectivity index (χ4n) is 6.47. The fraction of sp³-hybridized carbons (Fsp3) is 0.533. The molecule has 1 N–H and O–H groups in total. The summed E-state index contributed by atoms with van der Waals surface area (Å²) in [6, 6.07) is 10.7. The third-order valence-corrected chi connectivity index (χ3v) is 9.83. The molecular formula is C30H37N7O3S. The summed E-state index contributed by atoms with van der Waals surface area (Å²) in [7, 11) is 0. The molecule has 4 aromatic rings. The largest absolute Gasteiger partial charge is 0.393 e. The number of hydrogen-bond donors (Lipinski definition) is 1. The molecule has 0 spiro atoms. The first-order valence-electron chi connectivity index (χ1n) is 14.9. The first kappa shape index (κ1) is 26.8. The maximum atomic E-state index is 13.2. The molecule has 216 valence electrons. The summed E-state index contributed by atoms with van der Waals surface area (Å²) < 4.78 is 8.79. The van der Waals surface area contributed by atoms with Crippen molar-refractivity contribution in [3.63, 3.8) is 0 Å². The summed E-state index contributed by atoms with van der Waals surface area (Å²) in [6.45, 7) is 7.67. The lowest BCUT2D eigenvalue weighted by molar-refractivity contribution is -0.138. The molecule has 0 bridgehead atoms. The molecule has 5 heterocycles. The number of carbonyl (C=O) groups is 1. The number of ether oxygens (including phenoxy) is 1. The SMILES string of the molecule is CCc1nc2ccccc2n1-c1nc(N2CCOCC2)c2sc(CN3CCN(C4CCC(O)CC4)CC3=O)cc2n1. The molecule has 0 radical (unpaired) electrons. The Bertz CT molecular complexity index is 1550. The predicted molar refractivity (Wildman–Crippen MR) is 160 cm³/mol. The lowest BCUT2D eigenvalue weighted by Crippen LogP contribution is -2.53. The number of amides is 1. The lowest BCUT2D eigenvalue weighted by atomic mass is 9.91. The number of aryl methyl sites for hydroxylation is 1. The minimum absolute atomic E-state index is 0.178. The third-order valence-electron chi connectivity index (χ3n) is 8.73. The van der Waals surface area contributed by atoms with Gasteiger partial charge in [0.05, 0.1) is 53.7 Å². The van der Waals surface area contributed by atoms with Gasteiger partial charge in [-0.3, -0.25) is 14.3 Å². The molecule has 1 aliphatic carbocycles. The van der Waals surface area contributed by atoms with Crippen molar-refractivity contribution >= 4 is 44.3 Å². The van der Waals surface area contributed by atoms with Crippen molar-refractivity contribution in [2.45, 2.75) is 57.7 Å². The molecule has 1 saturated carbocycles. The topological polar surface area (TPSA) is 99.9 Å². The van der Waals surface area contributed by atoms with Gasteiger partial charge in [-0.25, -0.2) is 9.97 Å². The zero-order valence-electron chi connectivity index (χ0n) is 23.5. The summed E-state index contributed by atoms with van der Waals surface area (Å²) in [4.78, 5) is 36.0. The quantitative estimate of drug-likeness (QED) is 0.374. The van der Waals surface area contributed by atoms with Gasteiger partial charge < -0.3 is 19.6 Å². The Hall–Kier alpha value is -3.12. The van der Waals surface area contributed by atoms with Gasteiger partial charge in [-0.15, -0.1) is 11.3 Å². The van der Waals surface area contributed by atoms with Crippen molar-refractivity contribution in [3.8, 4) is 5.95 Å². The summed E-state index contributed by atoms with van der Waals surface area (Å²) in [6.07, 6.45) is 4.22. The summed E-state index contributed by atoms with van der Waals surface area (Å²) >= 11 is 1.69. The van der Waals surface area contributed by atoms with E-state index < -0.39 is 0 Å². The van der Waals surface area contributed by atoms with Gasteiger partial charge >= 0.3 is 0 Å². The van der Waals surface area contributed by atoms with Gasteiger partial charge in [-0.2, -0.15) is 4.98 Å². The molecular weight excluding hydrogens is 538 g/mol. The van der Waals surface area contributed by atoms with Gasteiger partial charge in [-0.1, -0.05) is 19.1 Å². The Morgan fingerprint density at radius 1 is 1.00 bits per heavy atom. The van der Waals surface area contributed by atoms with Crippen LogP contribution in [0.4, 0.5) is 5.82 Å². The van der Waals surface area contributed by atoms with E-state index in [-0.39, 0.29) is 12.0 Å². The number of para-hydroxylation sites is 2. The second-order valence-corrected chi connectivity index (χ2v) is 12.5. The van der Waals surface area contributed by atoms with Gasteiger partial charge in [-0.05, 0) is 43.9 Å². The molecule has 2 aliphatic heterocycles. The molecule has 41 heavy (non-hydrogen) atoms. The second kappa shape index (κ2) is 11.3. The Morgan fingerprint density at radius 3 is 2.59 bits per heavy atom. The Kier molecular flexibility index (Phi) is 7.36. The van der Waals surface area contributed by atoms with E-state index in [4.69, 9.17) is 19.7 Å². The van der Waals surface area contributed by atoms with Gasteiger partial charge in [0.15, 0.2) is 5.82 Å². The van der Waals surface area contributed by atoms with Crippen LogP contribution in [0.1, 0.15) is 43.3 Å². The zero-order chi connectivity index (χ0) is 27.9. The van der Waals surface area contributed by atoms with Crippen molar-refractivity contribution in [1.29, 1.82) is 0 Å². The Morgan fingerprint density at radius 2 is 1.80 bits per heavy atom. The number of imidazole rings is 1. The van der Waals surface area contributed by atoms with E-state index in [1.54, 1.807) is 11.3 Å². The maximum Gasteiger partial charge on any atom is 0.238 e. The third kappa shape index (κ3) is 5.20. The van der Waals surface area contributed by atoms with Gasteiger partial charge in [0.1, 0.15) is 5.82 Å². The number of benzene rings is 1. The molecule has 3 aliphatic rings. The number of hydrogen-bond acceptors (Lipinski definition) is 9. The number of aliphatic hydroxyl groups is 1. The average molecular weight is 576 g/mol. The van der Waals surface area contributed by atoms with Crippen LogP contribution in [0.3, 0.4) is 0 Å². The number of piperazine rings is 1. The van der Waals surface area contributed by atoms with Gasteiger partial charge in [0, 0.05) is 43.5 Å². The molecule has 7 rings (SSSR count). The first-order valence-corrected chi connectivity index (χ1v) is 15.7. The average Bonchev–Trinajstić information content (AvgIpc) is 3.59. The minimum atomic E-state index is -0.178. The van der Waals surface area contributed by atoms with Crippen LogP contribution in [0.25, 0.3) is 27.2 Å². The number of fused-ring (bicyclic) bond motifs is 2. The lowest BCUT2D eigenvalue weighted by Gasteiger charge is -2.40. The predicted octanol–water partition coefficient (Wildman–Crippen LogP) is 3.38. The van der Waals surface area contributed by atoms with E-state index >= 15 is 0 Å². The first-order chi connectivity index (χ1) is 20.1. The molecule has 0 unspecified atom stereocenters. The van der Waals surface area contributed by atoms with E-state index in [0.717, 1.165) is 96.1 Å². The van der Waals surface area contributed by atoms with Crippen LogP contribution in [0, 0.1) is 0 Å². The number of rotatable bonds is 6. The number of morpholine rings is 1. The van der Waals surface area contributed by atoms with Crippen LogP contribution in [0.5, 0.6) is 0 Å². The summed E-state index contributed by atoms with van der Waals surface area (Å²) in [5.74, 6) is 2.68. The highest BCUT2D eigenvalue weighted by atomic mass is 32.1. The van der Waals surface area contributed by atoms with Crippen LogP contribution in [-0.4, -0.2) is 98.4 Å². The Labute approximate surface area is 243 Å². The van der Waals surface area contributed by atoms with Crippen molar-refractivity contribution in [3.05, 3.63) is 41.0 Å². The van der Waals surface area contributed by atoms with E-state index in [2.05, 4.69) is 33.4 Å². The molecule has 11 heteroatoms. The maximum absolute atomic E-state index is 13.2. The molecule has 1 aromatic carbocycles. The summed E-state index contributed by atoms with van der Waals surface area (Å²) in [5, 5.41) is 9.87. The van der Waals surface area contributed by atoms with Gasteiger partial charge in [0.2, 0.25) is 11.9 Å². The zero-order valence-corrected chi connectivity index (χ0v) is 24.4. The van der Waals surface area contributed by atoms with E-state index in [9.17, 15) is 9.90 Å². The van der Waals surface area contributed by atoms with Crippen LogP contribution in [-0.2, 0) is 22.5 Å². The van der Waals surface area contributed by atoms with Crippen LogP contribution in [0.2, 0.25) is 0 Å². The van der Waals surface area contributed by atoms with Crippen molar-refractivity contribution < 1.29 is 14.6 Å². The normalized spacial score (nSPS) is 22.7. The number of anilines is 1. The number of aliphatic hydroxyl groups excluding tert-OH is 1. The fourth-order valence-corrected chi connectivity index (χ4v) is 7.60. The van der Waals surface area contributed by atoms with Crippen molar-refractivity contribution in [2.24, 2.45) is 0 Å². The number of carbonyl (C=O) groups excluding carboxylic acids is 1. The second-order valence-electron chi connectivity index (χ2n) is 11.3. The smallest absolute Gasteiger partial charge is 0.238 e. The molecule has 2 saturated heterocycles. The van der Waals surface area contributed by atoms with Crippen molar-refractivity contribution in [2.75, 3.05) is 50.8 Å².